The Morgan fingerprint density at radius 1 is 1.86 bits per heavy atom. The fourth-order valence-corrected chi connectivity index (χ4v) is 1.07. The molecule has 0 aliphatic heterocycles. The number of esters is 1. The van der Waals surface area contributed by atoms with E-state index >= 15 is 0 Å². The van der Waals surface area contributed by atoms with Crippen LogP contribution in [0.2, 0.25) is 0 Å². The standard InChI is InChI=1S/C7H9N3O3S/c1-2-12-9-3-6(11)13-5-4-14-7(8)10-5/h3-4H,2H2,1H3,(H2,8,10)/b9-3-. The molecule has 14 heavy (non-hydrogen) atoms. The van der Waals surface area contributed by atoms with E-state index < -0.39 is 5.97 Å². The van der Waals surface area contributed by atoms with E-state index in [1.165, 1.54) is 16.7 Å². The number of thiazole rings is 1. The number of oxime groups is 1. The van der Waals surface area contributed by atoms with Gasteiger partial charge in [0.25, 0.3) is 0 Å². The summed E-state index contributed by atoms with van der Waals surface area (Å²) in [5, 5.41) is 5.21. The number of nitrogen functional groups attached to an aromatic ring is 1. The fourth-order valence-electron chi connectivity index (χ4n) is 0.603. The van der Waals surface area contributed by atoms with E-state index in [1.807, 2.05) is 0 Å². The third kappa shape index (κ3) is 3.40. The number of hydrogen-bond acceptors (Lipinski definition) is 7. The van der Waals surface area contributed by atoms with Crippen LogP contribution in [0.1, 0.15) is 6.92 Å². The molecule has 0 fully saturated rings. The van der Waals surface area contributed by atoms with E-state index in [2.05, 4.69) is 15.0 Å². The van der Waals surface area contributed by atoms with Crippen molar-refractivity contribution in [3.63, 3.8) is 0 Å². The smallest absolute Gasteiger partial charge is 0.359 e. The molecule has 0 aliphatic carbocycles. The van der Waals surface area contributed by atoms with E-state index in [0.717, 1.165) is 6.21 Å². The maximum Gasteiger partial charge on any atom is 0.359 e. The van der Waals surface area contributed by atoms with Crippen LogP contribution in [0.15, 0.2) is 10.5 Å². The van der Waals surface area contributed by atoms with Crippen LogP contribution in [-0.4, -0.2) is 23.8 Å². The quantitative estimate of drug-likeness (QED) is 0.452. The molecule has 0 radical (unpaired) electrons. The van der Waals surface area contributed by atoms with Gasteiger partial charge in [0.2, 0.25) is 5.88 Å². The lowest BCUT2D eigenvalue weighted by Gasteiger charge is -1.94. The predicted molar refractivity (Wildman–Crippen MR) is 52.3 cm³/mol. The van der Waals surface area contributed by atoms with Gasteiger partial charge in [0, 0.05) is 0 Å². The number of nitrogens with zero attached hydrogens (tertiary/aromatic N) is 2. The summed E-state index contributed by atoms with van der Waals surface area (Å²) >= 11 is 1.19. The first-order valence-corrected chi connectivity index (χ1v) is 4.68. The molecule has 1 heterocycles. The highest BCUT2D eigenvalue weighted by atomic mass is 32.1. The second kappa shape index (κ2) is 5.18. The summed E-state index contributed by atoms with van der Waals surface area (Å²) in [4.78, 5) is 19.3. The number of carbonyl (C=O) groups excluding carboxylic acids is 1. The van der Waals surface area contributed by atoms with Gasteiger partial charge in [0.05, 0.1) is 5.38 Å². The highest BCUT2D eigenvalue weighted by Gasteiger charge is 2.04. The van der Waals surface area contributed by atoms with Crippen LogP contribution in [0.25, 0.3) is 0 Å². The summed E-state index contributed by atoms with van der Waals surface area (Å²) in [5.41, 5.74) is 5.33. The van der Waals surface area contributed by atoms with Gasteiger partial charge in [-0.05, 0) is 6.92 Å². The third-order valence-corrected chi connectivity index (χ3v) is 1.72. The van der Waals surface area contributed by atoms with Crippen molar-refractivity contribution in [1.82, 2.24) is 4.98 Å². The number of hydrogen-bond donors (Lipinski definition) is 1. The third-order valence-electron chi connectivity index (χ3n) is 1.07. The minimum atomic E-state index is -0.649. The highest BCUT2D eigenvalue weighted by molar-refractivity contribution is 7.13. The predicted octanol–water partition coefficient (Wildman–Crippen LogP) is 0.653. The molecule has 2 N–H and O–H groups in total. The van der Waals surface area contributed by atoms with Gasteiger partial charge in [-0.15, -0.1) is 11.3 Å². The van der Waals surface area contributed by atoms with Gasteiger partial charge in [-0.2, -0.15) is 4.98 Å². The maximum absolute atomic E-state index is 11.0. The Kier molecular flexibility index (Phi) is 3.86. The van der Waals surface area contributed by atoms with E-state index in [9.17, 15) is 4.79 Å². The number of rotatable bonds is 4. The zero-order chi connectivity index (χ0) is 10.4. The van der Waals surface area contributed by atoms with Crippen LogP contribution in [0, 0.1) is 0 Å². The van der Waals surface area contributed by atoms with E-state index in [-0.39, 0.29) is 5.88 Å². The lowest BCUT2D eigenvalue weighted by molar-refractivity contribution is -0.126. The Bertz CT molecular complexity index is 337. The molecule has 0 saturated heterocycles. The highest BCUT2D eigenvalue weighted by Crippen LogP contribution is 2.17. The molecule has 0 aromatic carbocycles. The van der Waals surface area contributed by atoms with Gasteiger partial charge in [-0.3, -0.25) is 0 Å². The molecular formula is C7H9N3O3S. The topological polar surface area (TPSA) is 86.8 Å². The first-order chi connectivity index (χ1) is 6.72. The second-order valence-electron chi connectivity index (χ2n) is 2.10. The summed E-state index contributed by atoms with van der Waals surface area (Å²) < 4.78 is 4.73. The Morgan fingerprint density at radius 2 is 2.64 bits per heavy atom. The van der Waals surface area contributed by atoms with Crippen molar-refractivity contribution < 1.29 is 14.4 Å². The molecular weight excluding hydrogens is 206 g/mol. The van der Waals surface area contributed by atoms with Gasteiger partial charge in [-0.25, -0.2) is 4.79 Å². The molecule has 76 valence electrons. The summed E-state index contributed by atoms with van der Waals surface area (Å²) in [5.74, 6) is -0.482. The first-order valence-electron chi connectivity index (χ1n) is 3.80. The van der Waals surface area contributed by atoms with Crippen molar-refractivity contribution >= 4 is 28.7 Å². The average molecular weight is 215 g/mol. The Balaban J connectivity index is 2.41. The zero-order valence-electron chi connectivity index (χ0n) is 7.47. The van der Waals surface area contributed by atoms with Crippen molar-refractivity contribution in [2.24, 2.45) is 5.16 Å². The summed E-state index contributed by atoms with van der Waals surface area (Å²) in [6.07, 6.45) is 0.930. The SMILES string of the molecule is CCO/N=C\C(=O)Oc1csc(N)n1. The Hall–Kier alpha value is -1.63. The van der Waals surface area contributed by atoms with Crippen molar-refractivity contribution in [1.29, 1.82) is 0 Å². The van der Waals surface area contributed by atoms with E-state index in [0.29, 0.717) is 11.7 Å². The maximum atomic E-state index is 11.0. The lowest BCUT2D eigenvalue weighted by Crippen LogP contribution is -2.09. The number of nitrogens with two attached hydrogens (primary N) is 1. The van der Waals surface area contributed by atoms with Crippen LogP contribution >= 0.6 is 11.3 Å². The van der Waals surface area contributed by atoms with Crippen molar-refractivity contribution in [2.75, 3.05) is 12.3 Å². The number of ether oxygens (including phenoxy) is 1. The number of anilines is 1. The molecule has 7 heteroatoms. The minimum Gasteiger partial charge on any atom is -0.402 e. The minimum absolute atomic E-state index is 0.167. The van der Waals surface area contributed by atoms with Crippen molar-refractivity contribution in [3.8, 4) is 5.88 Å². The number of carbonyl (C=O) groups is 1. The fraction of sp³-hybridized carbons (Fsp3) is 0.286. The zero-order valence-corrected chi connectivity index (χ0v) is 8.28. The van der Waals surface area contributed by atoms with Crippen LogP contribution in [0.3, 0.4) is 0 Å². The van der Waals surface area contributed by atoms with Gasteiger partial charge in [0.1, 0.15) is 6.61 Å². The first kappa shape index (κ1) is 10.5. The van der Waals surface area contributed by atoms with Gasteiger partial charge in [0.15, 0.2) is 11.3 Å². The monoisotopic (exact) mass is 215 g/mol. The van der Waals surface area contributed by atoms with Crippen molar-refractivity contribution in [3.05, 3.63) is 5.38 Å². The Labute approximate surface area is 84.3 Å². The summed E-state index contributed by atoms with van der Waals surface area (Å²) in [6.45, 7) is 2.15. The van der Waals surface area contributed by atoms with Crippen LogP contribution in [0.4, 0.5) is 5.13 Å². The van der Waals surface area contributed by atoms with Crippen molar-refractivity contribution in [2.45, 2.75) is 6.92 Å². The van der Waals surface area contributed by atoms with E-state index in [1.54, 1.807) is 6.92 Å². The molecule has 0 aliphatic rings. The molecule has 0 saturated carbocycles. The van der Waals surface area contributed by atoms with Crippen LogP contribution < -0.4 is 10.5 Å². The molecule has 1 aromatic heterocycles. The van der Waals surface area contributed by atoms with Crippen LogP contribution in [0.5, 0.6) is 5.88 Å². The lowest BCUT2D eigenvalue weighted by atomic mass is 10.7. The van der Waals surface area contributed by atoms with Gasteiger partial charge in [-0.1, -0.05) is 5.16 Å². The second-order valence-corrected chi connectivity index (χ2v) is 2.99. The molecule has 1 aromatic rings. The van der Waals surface area contributed by atoms with E-state index in [4.69, 9.17) is 10.5 Å². The van der Waals surface area contributed by atoms with Crippen LogP contribution in [-0.2, 0) is 9.63 Å². The molecule has 0 unspecified atom stereocenters. The molecule has 6 nitrogen and oxygen atoms in total. The Morgan fingerprint density at radius 3 is 3.21 bits per heavy atom. The molecule has 0 atom stereocenters. The molecule has 0 amide bonds. The molecule has 1 rings (SSSR count). The largest absolute Gasteiger partial charge is 0.402 e. The average Bonchev–Trinajstić information content (AvgIpc) is 2.52. The molecule has 0 bridgehead atoms. The normalized spacial score (nSPS) is 10.4. The summed E-state index contributed by atoms with van der Waals surface area (Å²) in [6, 6.07) is 0. The van der Waals surface area contributed by atoms with Gasteiger partial charge < -0.3 is 15.3 Å². The molecule has 0 spiro atoms. The van der Waals surface area contributed by atoms with Gasteiger partial charge >= 0.3 is 5.97 Å². The number of aromatic nitrogens is 1. The summed E-state index contributed by atoms with van der Waals surface area (Å²) in [7, 11) is 0.